The van der Waals surface area contributed by atoms with Crippen LogP contribution in [0, 0.1) is 0 Å². The van der Waals surface area contributed by atoms with Crippen molar-refractivity contribution in [2.75, 3.05) is 14.2 Å². The molecule has 0 fully saturated rings. The van der Waals surface area contributed by atoms with Crippen molar-refractivity contribution in [1.82, 2.24) is 4.98 Å². The SMILES string of the molecule is COc1ccc(-c2ccc(-c3ccc(CO)c(CO)c3)cn2)cc1OC. The molecule has 0 aliphatic heterocycles. The van der Waals surface area contributed by atoms with E-state index in [1.165, 1.54) is 0 Å². The Morgan fingerprint density at radius 1 is 0.731 bits per heavy atom. The van der Waals surface area contributed by atoms with Crippen LogP contribution in [0.3, 0.4) is 0 Å². The zero-order chi connectivity index (χ0) is 18.5. The largest absolute Gasteiger partial charge is 0.493 e. The monoisotopic (exact) mass is 351 g/mol. The number of rotatable bonds is 6. The summed E-state index contributed by atoms with van der Waals surface area (Å²) in [6.07, 6.45) is 1.79. The first-order valence-corrected chi connectivity index (χ1v) is 8.22. The fraction of sp³-hybridized carbons (Fsp3) is 0.190. The molecule has 5 heteroatoms. The second kappa shape index (κ2) is 7.99. The van der Waals surface area contributed by atoms with Crippen molar-refractivity contribution in [3.63, 3.8) is 0 Å². The Kier molecular flexibility index (Phi) is 5.51. The van der Waals surface area contributed by atoms with Gasteiger partial charge in [-0.05, 0) is 47.0 Å². The number of aliphatic hydroxyl groups is 2. The first-order chi connectivity index (χ1) is 12.7. The second-order valence-corrected chi connectivity index (χ2v) is 5.80. The molecule has 2 N–H and O–H groups in total. The number of ether oxygens (including phenoxy) is 2. The van der Waals surface area contributed by atoms with E-state index in [2.05, 4.69) is 4.98 Å². The zero-order valence-electron chi connectivity index (χ0n) is 14.8. The third-order valence-corrected chi connectivity index (χ3v) is 4.32. The zero-order valence-corrected chi connectivity index (χ0v) is 14.8. The molecule has 0 unspecified atom stereocenters. The molecule has 26 heavy (non-hydrogen) atoms. The van der Waals surface area contributed by atoms with Gasteiger partial charge in [-0.25, -0.2) is 0 Å². The van der Waals surface area contributed by atoms with Gasteiger partial charge in [-0.1, -0.05) is 18.2 Å². The first kappa shape index (κ1) is 17.9. The maximum atomic E-state index is 9.46. The van der Waals surface area contributed by atoms with Gasteiger partial charge < -0.3 is 19.7 Å². The Labute approximate surface area is 152 Å². The van der Waals surface area contributed by atoms with Crippen LogP contribution < -0.4 is 9.47 Å². The molecule has 2 aromatic carbocycles. The maximum absolute atomic E-state index is 9.46. The van der Waals surface area contributed by atoms with E-state index < -0.39 is 0 Å². The highest BCUT2D eigenvalue weighted by Gasteiger charge is 2.09. The van der Waals surface area contributed by atoms with Gasteiger partial charge in [0.2, 0.25) is 0 Å². The van der Waals surface area contributed by atoms with E-state index in [4.69, 9.17) is 9.47 Å². The third-order valence-electron chi connectivity index (χ3n) is 4.32. The molecule has 0 radical (unpaired) electrons. The normalized spacial score (nSPS) is 10.6. The number of aliphatic hydroxyl groups excluding tert-OH is 2. The van der Waals surface area contributed by atoms with E-state index in [-0.39, 0.29) is 13.2 Å². The second-order valence-electron chi connectivity index (χ2n) is 5.80. The van der Waals surface area contributed by atoms with E-state index >= 15 is 0 Å². The highest BCUT2D eigenvalue weighted by Crippen LogP contribution is 2.32. The van der Waals surface area contributed by atoms with Crippen LogP contribution in [0.5, 0.6) is 11.5 Å². The van der Waals surface area contributed by atoms with Crippen molar-refractivity contribution >= 4 is 0 Å². The number of hydrogen-bond acceptors (Lipinski definition) is 5. The van der Waals surface area contributed by atoms with Crippen LogP contribution in [0.25, 0.3) is 22.4 Å². The summed E-state index contributed by atoms with van der Waals surface area (Å²) in [7, 11) is 3.21. The summed E-state index contributed by atoms with van der Waals surface area (Å²) in [6.45, 7) is -0.201. The average molecular weight is 351 g/mol. The van der Waals surface area contributed by atoms with Gasteiger partial charge >= 0.3 is 0 Å². The molecule has 5 nitrogen and oxygen atoms in total. The Balaban J connectivity index is 1.92. The van der Waals surface area contributed by atoms with Crippen LogP contribution >= 0.6 is 0 Å². The van der Waals surface area contributed by atoms with Crippen LogP contribution in [0.4, 0.5) is 0 Å². The number of methoxy groups -OCH3 is 2. The van der Waals surface area contributed by atoms with Crippen LogP contribution in [-0.4, -0.2) is 29.4 Å². The van der Waals surface area contributed by atoms with Crippen molar-refractivity contribution in [3.05, 3.63) is 65.9 Å². The lowest BCUT2D eigenvalue weighted by Gasteiger charge is -2.10. The van der Waals surface area contributed by atoms with Crippen LogP contribution in [-0.2, 0) is 13.2 Å². The fourth-order valence-corrected chi connectivity index (χ4v) is 2.84. The van der Waals surface area contributed by atoms with Gasteiger partial charge in [0.25, 0.3) is 0 Å². The molecule has 0 saturated carbocycles. The molecular weight excluding hydrogens is 330 g/mol. The molecule has 3 rings (SSSR count). The summed E-state index contributed by atoms with van der Waals surface area (Å²) < 4.78 is 10.6. The average Bonchev–Trinajstić information content (AvgIpc) is 2.72. The highest BCUT2D eigenvalue weighted by molar-refractivity contribution is 5.69. The molecule has 1 aromatic heterocycles. The lowest BCUT2D eigenvalue weighted by atomic mass is 10.00. The minimum Gasteiger partial charge on any atom is -0.493 e. The number of pyridine rings is 1. The molecular formula is C21H21NO4. The topological polar surface area (TPSA) is 71.8 Å². The lowest BCUT2D eigenvalue weighted by Crippen LogP contribution is -1.95. The van der Waals surface area contributed by atoms with Crippen LogP contribution in [0.1, 0.15) is 11.1 Å². The predicted molar refractivity (Wildman–Crippen MR) is 100 cm³/mol. The van der Waals surface area contributed by atoms with Crippen LogP contribution in [0.2, 0.25) is 0 Å². The molecule has 1 heterocycles. The smallest absolute Gasteiger partial charge is 0.161 e. The van der Waals surface area contributed by atoms with Gasteiger partial charge in [0, 0.05) is 17.3 Å². The molecule has 0 aliphatic rings. The minimum absolute atomic E-state index is 0.0906. The molecule has 134 valence electrons. The summed E-state index contributed by atoms with van der Waals surface area (Å²) >= 11 is 0. The predicted octanol–water partition coefficient (Wildman–Crippen LogP) is 3.42. The highest BCUT2D eigenvalue weighted by atomic mass is 16.5. The lowest BCUT2D eigenvalue weighted by molar-refractivity contribution is 0.260. The van der Waals surface area contributed by atoms with E-state index in [1.54, 1.807) is 20.4 Å². The number of hydrogen-bond donors (Lipinski definition) is 2. The van der Waals surface area contributed by atoms with Crippen LogP contribution in [0.15, 0.2) is 54.7 Å². The van der Waals surface area contributed by atoms with Crippen molar-refractivity contribution in [1.29, 1.82) is 0 Å². The van der Waals surface area contributed by atoms with Gasteiger partial charge in [0.05, 0.1) is 33.1 Å². The number of benzene rings is 2. The molecule has 0 saturated heterocycles. The third kappa shape index (κ3) is 3.54. The molecule has 0 aliphatic carbocycles. The maximum Gasteiger partial charge on any atom is 0.161 e. The summed E-state index contributed by atoms with van der Waals surface area (Å²) in [5.41, 5.74) is 5.08. The van der Waals surface area contributed by atoms with Gasteiger partial charge in [0.1, 0.15) is 0 Å². The van der Waals surface area contributed by atoms with Crippen molar-refractivity contribution in [2.45, 2.75) is 13.2 Å². The number of aromatic nitrogens is 1. The molecule has 0 amide bonds. The quantitative estimate of drug-likeness (QED) is 0.712. The summed E-state index contributed by atoms with van der Waals surface area (Å²) in [5, 5.41) is 18.8. The molecule has 3 aromatic rings. The molecule has 0 atom stereocenters. The molecule has 0 spiro atoms. The van der Waals surface area contributed by atoms with Gasteiger partial charge in [-0.15, -0.1) is 0 Å². The summed E-state index contributed by atoms with van der Waals surface area (Å²) in [6, 6.07) is 15.2. The first-order valence-electron chi connectivity index (χ1n) is 8.22. The summed E-state index contributed by atoms with van der Waals surface area (Å²) in [4.78, 5) is 4.55. The van der Waals surface area contributed by atoms with Crippen molar-refractivity contribution in [3.8, 4) is 33.9 Å². The Hall–Kier alpha value is -2.89. The van der Waals surface area contributed by atoms with E-state index in [0.29, 0.717) is 17.1 Å². The van der Waals surface area contributed by atoms with E-state index in [1.807, 2.05) is 48.5 Å². The van der Waals surface area contributed by atoms with E-state index in [0.717, 1.165) is 27.9 Å². The molecule has 0 bridgehead atoms. The van der Waals surface area contributed by atoms with E-state index in [9.17, 15) is 10.2 Å². The van der Waals surface area contributed by atoms with Gasteiger partial charge in [0.15, 0.2) is 11.5 Å². The van der Waals surface area contributed by atoms with Gasteiger partial charge in [-0.3, -0.25) is 4.98 Å². The van der Waals surface area contributed by atoms with Gasteiger partial charge in [-0.2, -0.15) is 0 Å². The Morgan fingerprint density at radius 3 is 2.04 bits per heavy atom. The summed E-state index contributed by atoms with van der Waals surface area (Å²) in [5.74, 6) is 1.33. The fourth-order valence-electron chi connectivity index (χ4n) is 2.84. The Bertz CT molecular complexity index is 817. The number of nitrogens with zero attached hydrogens (tertiary/aromatic N) is 1. The van der Waals surface area contributed by atoms with Crippen molar-refractivity contribution < 1.29 is 19.7 Å². The standard InChI is InChI=1S/C21H21NO4/c1-25-20-8-6-15(10-21(20)26-2)19-7-5-16(11-22-19)14-3-4-17(12-23)18(9-14)13-24/h3-11,23-24H,12-13H2,1-2H3. The minimum atomic E-state index is -0.110. The van der Waals surface area contributed by atoms with Crippen molar-refractivity contribution in [2.24, 2.45) is 0 Å². The Morgan fingerprint density at radius 2 is 1.42 bits per heavy atom.